The van der Waals surface area contributed by atoms with Crippen molar-refractivity contribution >= 4 is 23.4 Å². The number of rotatable bonds is 9. The molecule has 1 aliphatic heterocycles. The first kappa shape index (κ1) is 20.5. The van der Waals surface area contributed by atoms with Crippen LogP contribution in [0.3, 0.4) is 0 Å². The Morgan fingerprint density at radius 1 is 1.03 bits per heavy atom. The van der Waals surface area contributed by atoms with E-state index in [0.717, 1.165) is 48.3 Å². The topological polar surface area (TPSA) is 72.5 Å². The van der Waals surface area contributed by atoms with Crippen LogP contribution >= 0.6 is 0 Å². The Labute approximate surface area is 172 Å². The summed E-state index contributed by atoms with van der Waals surface area (Å²) in [5.74, 6) is 0.830. The van der Waals surface area contributed by atoms with Crippen molar-refractivity contribution in [2.45, 2.75) is 38.8 Å². The molecule has 0 saturated heterocycles. The summed E-state index contributed by atoms with van der Waals surface area (Å²) in [5.41, 5.74) is 3.05. The molecule has 1 atom stereocenters. The average Bonchev–Trinajstić information content (AvgIpc) is 3.07. The Bertz CT molecular complexity index is 917. The second kappa shape index (κ2) is 9.82. The highest BCUT2D eigenvalue weighted by Gasteiger charge is 2.19. The molecular weight excluding hydrogens is 360 g/mol. The Morgan fingerprint density at radius 2 is 1.76 bits per heavy atom. The van der Waals surface area contributed by atoms with Gasteiger partial charge in [0.1, 0.15) is 0 Å². The van der Waals surface area contributed by atoms with Gasteiger partial charge >= 0.3 is 0 Å². The van der Waals surface area contributed by atoms with Crippen LogP contribution in [0.15, 0.2) is 65.8 Å². The fraction of sp³-hybridized carbons (Fsp3) is 0.292. The molecule has 29 heavy (non-hydrogen) atoms. The summed E-state index contributed by atoms with van der Waals surface area (Å²) in [6, 6.07) is 17.2. The molecule has 0 amide bonds. The maximum atomic E-state index is 8.37. The monoisotopic (exact) mass is 388 g/mol. The van der Waals surface area contributed by atoms with Crippen molar-refractivity contribution in [2.75, 3.05) is 7.05 Å². The van der Waals surface area contributed by atoms with Crippen molar-refractivity contribution in [1.29, 1.82) is 10.8 Å². The summed E-state index contributed by atoms with van der Waals surface area (Å²) >= 11 is 0. The number of ether oxygens (including phenoxy) is 1. The molecule has 2 N–H and O–H groups in total. The van der Waals surface area contributed by atoms with Crippen molar-refractivity contribution in [3.8, 4) is 0 Å². The number of hydrogen-bond acceptors (Lipinski definition) is 5. The van der Waals surface area contributed by atoms with Crippen LogP contribution in [0.5, 0.6) is 0 Å². The van der Waals surface area contributed by atoms with Gasteiger partial charge in [0.2, 0.25) is 5.90 Å². The second-order valence-corrected chi connectivity index (χ2v) is 7.17. The summed E-state index contributed by atoms with van der Waals surface area (Å²) in [4.78, 5) is 0. The predicted molar refractivity (Wildman–Crippen MR) is 120 cm³/mol. The predicted octanol–water partition coefficient (Wildman–Crippen LogP) is 5.32. The van der Waals surface area contributed by atoms with Gasteiger partial charge < -0.3 is 4.74 Å². The lowest BCUT2D eigenvalue weighted by atomic mass is 9.98. The molecule has 1 unspecified atom stereocenters. The van der Waals surface area contributed by atoms with E-state index in [0.29, 0.717) is 0 Å². The van der Waals surface area contributed by atoms with E-state index in [4.69, 9.17) is 15.6 Å². The maximum absolute atomic E-state index is 8.37. The first-order valence-corrected chi connectivity index (χ1v) is 10.0. The molecular formula is C24H28N4O. The van der Waals surface area contributed by atoms with Crippen LogP contribution in [0.25, 0.3) is 6.08 Å². The SMILES string of the molecule is CC1OC(CCCC/C=C/c2cccc(C(=N)C(=N)c3ccccc3)c2)=NN1C. The summed E-state index contributed by atoms with van der Waals surface area (Å²) < 4.78 is 5.66. The molecule has 0 saturated carbocycles. The summed E-state index contributed by atoms with van der Waals surface area (Å²) in [6.07, 6.45) is 8.27. The molecule has 0 aliphatic carbocycles. The minimum atomic E-state index is 0.0410. The molecule has 0 spiro atoms. The molecule has 5 heteroatoms. The van der Waals surface area contributed by atoms with Crippen LogP contribution in [0, 0.1) is 10.8 Å². The zero-order valence-corrected chi connectivity index (χ0v) is 17.1. The van der Waals surface area contributed by atoms with Gasteiger partial charge in [-0.05, 0) is 37.8 Å². The Balaban J connectivity index is 1.49. The second-order valence-electron chi connectivity index (χ2n) is 7.17. The number of nitrogens with zero attached hydrogens (tertiary/aromatic N) is 2. The Morgan fingerprint density at radius 3 is 2.48 bits per heavy atom. The highest BCUT2D eigenvalue weighted by atomic mass is 16.5. The number of benzene rings is 2. The smallest absolute Gasteiger partial charge is 0.208 e. The van der Waals surface area contributed by atoms with Crippen LogP contribution in [0.2, 0.25) is 0 Å². The molecule has 0 fully saturated rings. The molecule has 2 aromatic carbocycles. The molecule has 0 aromatic heterocycles. The van der Waals surface area contributed by atoms with Gasteiger partial charge in [0.25, 0.3) is 0 Å². The van der Waals surface area contributed by atoms with Gasteiger partial charge in [0.05, 0.1) is 11.4 Å². The van der Waals surface area contributed by atoms with E-state index < -0.39 is 0 Å². The summed E-state index contributed by atoms with van der Waals surface area (Å²) in [5, 5.41) is 22.9. The molecule has 1 aliphatic rings. The van der Waals surface area contributed by atoms with Gasteiger partial charge in [-0.25, -0.2) is 0 Å². The zero-order valence-electron chi connectivity index (χ0n) is 17.1. The van der Waals surface area contributed by atoms with E-state index in [1.165, 1.54) is 0 Å². The lowest BCUT2D eigenvalue weighted by molar-refractivity contribution is 0.0938. The summed E-state index contributed by atoms with van der Waals surface area (Å²) in [6.45, 7) is 1.99. The number of unbranched alkanes of at least 4 members (excludes halogenated alkanes) is 2. The van der Waals surface area contributed by atoms with Crippen LogP contribution in [-0.4, -0.2) is 35.6 Å². The molecule has 0 radical (unpaired) electrons. The molecule has 2 aromatic rings. The van der Waals surface area contributed by atoms with E-state index in [9.17, 15) is 0 Å². The highest BCUT2D eigenvalue weighted by molar-refractivity contribution is 6.51. The van der Waals surface area contributed by atoms with E-state index in [-0.39, 0.29) is 17.7 Å². The third-order valence-corrected chi connectivity index (χ3v) is 4.91. The normalized spacial score (nSPS) is 16.0. The third-order valence-electron chi connectivity index (χ3n) is 4.91. The van der Waals surface area contributed by atoms with Gasteiger partial charge in [-0.3, -0.25) is 15.8 Å². The standard InChI is InChI=1S/C24H28N4O/c1-18-28(2)27-22(29-18)16-9-4-3-6-11-19-12-10-15-21(17-19)24(26)23(25)20-13-7-5-8-14-20/h5-8,10-15,17-18,25-26H,3-4,9,16H2,1-2H3/b11-6+,25-23?,26-24?. The van der Waals surface area contributed by atoms with Crippen molar-refractivity contribution in [2.24, 2.45) is 5.10 Å². The fourth-order valence-corrected chi connectivity index (χ4v) is 3.11. The van der Waals surface area contributed by atoms with E-state index >= 15 is 0 Å². The largest absolute Gasteiger partial charge is 0.455 e. The number of hydrazone groups is 1. The van der Waals surface area contributed by atoms with Gasteiger partial charge in [-0.15, -0.1) is 5.10 Å². The van der Waals surface area contributed by atoms with Crippen LogP contribution in [-0.2, 0) is 4.74 Å². The average molecular weight is 389 g/mol. The Kier molecular flexibility index (Phi) is 6.95. The molecule has 0 bridgehead atoms. The van der Waals surface area contributed by atoms with Gasteiger partial charge in [-0.1, -0.05) is 60.7 Å². The maximum Gasteiger partial charge on any atom is 0.208 e. The van der Waals surface area contributed by atoms with E-state index in [1.807, 2.05) is 73.6 Å². The molecule has 150 valence electrons. The minimum absolute atomic E-state index is 0.0410. The van der Waals surface area contributed by atoms with Gasteiger partial charge in [-0.2, -0.15) is 0 Å². The van der Waals surface area contributed by atoms with Crippen molar-refractivity contribution in [3.63, 3.8) is 0 Å². The zero-order chi connectivity index (χ0) is 20.6. The highest BCUT2D eigenvalue weighted by Crippen LogP contribution is 2.15. The Hall–Kier alpha value is -3.21. The third kappa shape index (κ3) is 5.64. The number of hydrogen-bond donors (Lipinski definition) is 2. The minimum Gasteiger partial charge on any atom is -0.455 e. The number of nitrogens with one attached hydrogen (secondary N) is 2. The van der Waals surface area contributed by atoms with Crippen LogP contribution < -0.4 is 0 Å². The van der Waals surface area contributed by atoms with Crippen LogP contribution in [0.4, 0.5) is 0 Å². The molecule has 1 heterocycles. The lowest BCUT2D eigenvalue weighted by Gasteiger charge is -2.11. The van der Waals surface area contributed by atoms with Crippen LogP contribution in [0.1, 0.15) is 49.3 Å². The van der Waals surface area contributed by atoms with Gasteiger partial charge in [0, 0.05) is 24.6 Å². The van der Waals surface area contributed by atoms with E-state index in [2.05, 4.69) is 17.3 Å². The molecule has 5 nitrogen and oxygen atoms in total. The fourth-order valence-electron chi connectivity index (χ4n) is 3.11. The van der Waals surface area contributed by atoms with E-state index in [1.54, 1.807) is 0 Å². The first-order valence-electron chi connectivity index (χ1n) is 10.0. The molecule has 3 rings (SSSR count). The van der Waals surface area contributed by atoms with Crippen molar-refractivity contribution in [3.05, 3.63) is 77.4 Å². The number of allylic oxidation sites excluding steroid dienone is 1. The summed E-state index contributed by atoms with van der Waals surface area (Å²) in [7, 11) is 1.93. The first-order chi connectivity index (χ1) is 14.0. The van der Waals surface area contributed by atoms with Crippen molar-refractivity contribution < 1.29 is 4.74 Å². The quantitative estimate of drug-likeness (QED) is 0.451. The van der Waals surface area contributed by atoms with Crippen molar-refractivity contribution in [1.82, 2.24) is 5.01 Å². The lowest BCUT2D eigenvalue weighted by Crippen LogP contribution is -2.19. The van der Waals surface area contributed by atoms with Gasteiger partial charge in [0.15, 0.2) is 6.23 Å².